The number of fused-ring (bicyclic) bond motifs is 2. The fraction of sp³-hybridized carbons (Fsp3) is 0.727. The van der Waals surface area contributed by atoms with Crippen LogP contribution in [0.4, 0.5) is 0 Å². The fourth-order valence-corrected chi connectivity index (χ4v) is 6.03. The average Bonchev–Trinajstić information content (AvgIpc) is 2.61. The molecule has 0 aliphatic heterocycles. The highest BCUT2D eigenvalue weighted by atomic mass is 16.5. The minimum absolute atomic E-state index is 0.0831. The van der Waals surface area contributed by atoms with Crippen LogP contribution in [0.25, 0.3) is 0 Å². The highest BCUT2D eigenvalue weighted by Gasteiger charge is 2.61. The molecule has 6 heteroatoms. The van der Waals surface area contributed by atoms with Gasteiger partial charge in [-0.05, 0) is 25.2 Å². The van der Waals surface area contributed by atoms with E-state index in [0.717, 1.165) is 12.8 Å². The first-order valence-electron chi connectivity index (χ1n) is 10.2. The summed E-state index contributed by atoms with van der Waals surface area (Å²) in [4.78, 5) is 26.2. The van der Waals surface area contributed by atoms with Crippen LogP contribution >= 0.6 is 0 Å². The van der Waals surface area contributed by atoms with Crippen molar-refractivity contribution < 1.29 is 29.6 Å². The molecule has 6 nitrogen and oxygen atoms in total. The van der Waals surface area contributed by atoms with Crippen LogP contribution in [-0.2, 0) is 14.3 Å². The summed E-state index contributed by atoms with van der Waals surface area (Å²) in [5, 5.41) is 31.9. The third-order valence-electron chi connectivity index (χ3n) is 7.12. The number of carbonyl (C=O) groups excluding carboxylic acids is 2. The summed E-state index contributed by atoms with van der Waals surface area (Å²) in [6, 6.07) is 0. The van der Waals surface area contributed by atoms with E-state index in [2.05, 4.69) is 13.8 Å². The molecule has 3 aliphatic rings. The second-order valence-electron chi connectivity index (χ2n) is 9.40. The Morgan fingerprint density at radius 3 is 2.39 bits per heavy atom. The minimum atomic E-state index is -0.909. The molecule has 0 aromatic heterocycles. The van der Waals surface area contributed by atoms with Gasteiger partial charge in [0.25, 0.3) is 0 Å². The van der Waals surface area contributed by atoms with Gasteiger partial charge in [0.2, 0.25) is 11.6 Å². The van der Waals surface area contributed by atoms with Crippen molar-refractivity contribution in [2.75, 3.05) is 13.2 Å². The minimum Gasteiger partial charge on any atom is -0.507 e. The summed E-state index contributed by atoms with van der Waals surface area (Å²) in [5.74, 6) is -2.65. The molecule has 0 aromatic rings. The molecular formula is C22H32O6. The first-order valence-corrected chi connectivity index (χ1v) is 10.2. The summed E-state index contributed by atoms with van der Waals surface area (Å²) < 4.78 is 5.84. The molecule has 0 amide bonds. The Bertz CT molecular complexity index is 761. The third kappa shape index (κ3) is 2.80. The highest BCUT2D eigenvalue weighted by molar-refractivity contribution is 6.50. The number of rotatable bonds is 4. The monoisotopic (exact) mass is 392 g/mol. The maximum absolute atomic E-state index is 13.3. The number of ketones is 2. The number of carbonyl (C=O) groups is 2. The zero-order valence-corrected chi connectivity index (χ0v) is 17.4. The molecule has 0 aromatic carbocycles. The molecule has 3 N–H and O–H groups in total. The van der Waals surface area contributed by atoms with Crippen molar-refractivity contribution in [2.24, 2.45) is 22.7 Å². The highest BCUT2D eigenvalue weighted by Crippen LogP contribution is 2.61. The Balaban J connectivity index is 2.33. The number of aliphatic hydroxyl groups excluding tert-OH is 3. The molecule has 5 unspecified atom stereocenters. The fourth-order valence-electron chi connectivity index (χ4n) is 6.03. The Labute approximate surface area is 166 Å². The van der Waals surface area contributed by atoms with Crippen LogP contribution in [-0.4, -0.2) is 52.3 Å². The van der Waals surface area contributed by atoms with E-state index in [1.54, 1.807) is 13.8 Å². The van der Waals surface area contributed by atoms with E-state index in [-0.39, 0.29) is 34.8 Å². The van der Waals surface area contributed by atoms with Gasteiger partial charge in [0.1, 0.15) is 11.9 Å². The van der Waals surface area contributed by atoms with Crippen LogP contribution in [0.3, 0.4) is 0 Å². The molecule has 0 heterocycles. The van der Waals surface area contributed by atoms with Crippen LogP contribution in [0.5, 0.6) is 0 Å². The van der Waals surface area contributed by atoms with E-state index in [4.69, 9.17) is 4.74 Å². The normalized spacial score (nSPS) is 36.3. The van der Waals surface area contributed by atoms with Crippen molar-refractivity contribution in [2.45, 2.75) is 66.1 Å². The van der Waals surface area contributed by atoms with Gasteiger partial charge in [-0.2, -0.15) is 0 Å². The van der Waals surface area contributed by atoms with Gasteiger partial charge in [-0.1, -0.05) is 34.1 Å². The topological polar surface area (TPSA) is 104 Å². The molecule has 3 aliphatic carbocycles. The van der Waals surface area contributed by atoms with Crippen LogP contribution in [0.15, 0.2) is 22.5 Å². The molecule has 1 saturated carbocycles. The van der Waals surface area contributed by atoms with Crippen molar-refractivity contribution in [1.29, 1.82) is 0 Å². The van der Waals surface area contributed by atoms with Crippen LogP contribution in [0.2, 0.25) is 0 Å². The lowest BCUT2D eigenvalue weighted by Crippen LogP contribution is -2.60. The van der Waals surface area contributed by atoms with E-state index in [0.29, 0.717) is 18.6 Å². The van der Waals surface area contributed by atoms with Gasteiger partial charge >= 0.3 is 0 Å². The van der Waals surface area contributed by atoms with Gasteiger partial charge in [-0.25, -0.2) is 0 Å². The molecule has 5 atom stereocenters. The molecule has 3 rings (SSSR count). The van der Waals surface area contributed by atoms with Crippen molar-refractivity contribution in [1.82, 2.24) is 0 Å². The molecule has 0 radical (unpaired) electrons. The smallest absolute Gasteiger partial charge is 0.233 e. The average molecular weight is 392 g/mol. The Morgan fingerprint density at radius 2 is 1.82 bits per heavy atom. The second-order valence-corrected chi connectivity index (χ2v) is 9.40. The van der Waals surface area contributed by atoms with Crippen molar-refractivity contribution in [3.05, 3.63) is 22.5 Å². The molecule has 0 bridgehead atoms. The second kappa shape index (κ2) is 7.08. The first-order chi connectivity index (χ1) is 13.0. The number of Topliss-reactive ketones (excluding diaryl/α,β-unsaturated/α-hetero) is 2. The van der Waals surface area contributed by atoms with Crippen molar-refractivity contribution >= 4 is 11.6 Å². The molecule has 1 fully saturated rings. The lowest BCUT2D eigenvalue weighted by molar-refractivity contribution is -0.146. The third-order valence-corrected chi connectivity index (χ3v) is 7.12. The predicted molar refractivity (Wildman–Crippen MR) is 104 cm³/mol. The maximum atomic E-state index is 13.3. The van der Waals surface area contributed by atoms with Gasteiger partial charge in [-0.15, -0.1) is 0 Å². The molecule has 0 saturated heterocycles. The van der Waals surface area contributed by atoms with E-state index in [1.165, 1.54) is 0 Å². The van der Waals surface area contributed by atoms with Crippen LogP contribution < -0.4 is 0 Å². The Morgan fingerprint density at radius 1 is 1.18 bits per heavy atom. The summed E-state index contributed by atoms with van der Waals surface area (Å²) in [6.45, 7) is 9.40. The maximum Gasteiger partial charge on any atom is 0.233 e. The largest absolute Gasteiger partial charge is 0.507 e. The lowest BCUT2D eigenvalue weighted by atomic mass is 9.47. The lowest BCUT2D eigenvalue weighted by Gasteiger charge is -2.58. The summed E-state index contributed by atoms with van der Waals surface area (Å²) in [5.41, 5.74) is -0.517. The van der Waals surface area contributed by atoms with Crippen LogP contribution in [0, 0.1) is 22.7 Å². The van der Waals surface area contributed by atoms with Gasteiger partial charge < -0.3 is 20.1 Å². The zero-order chi connectivity index (χ0) is 21.0. The summed E-state index contributed by atoms with van der Waals surface area (Å²) in [7, 11) is 0. The number of hydrogen-bond donors (Lipinski definition) is 3. The quantitative estimate of drug-likeness (QED) is 0.502. The number of allylic oxidation sites excluding steroid dienone is 1. The van der Waals surface area contributed by atoms with Crippen molar-refractivity contribution in [3.8, 4) is 0 Å². The standard InChI is InChI=1S/C22H32O6/c1-6-28-19-13-14(17(26)16(25)12(15(13)24)11(2)10-23)22(5)9-7-8-21(3,4)20(22)18(19)27/h11,18-20,23-24,27H,6-10H2,1-5H3. The van der Waals surface area contributed by atoms with Gasteiger partial charge in [0, 0.05) is 41.6 Å². The van der Waals surface area contributed by atoms with E-state index in [1.807, 2.05) is 6.92 Å². The zero-order valence-electron chi connectivity index (χ0n) is 17.4. The predicted octanol–water partition coefficient (Wildman–Crippen LogP) is 2.49. The van der Waals surface area contributed by atoms with Crippen LogP contribution in [0.1, 0.15) is 53.9 Å². The van der Waals surface area contributed by atoms with E-state index in [9.17, 15) is 24.9 Å². The number of ether oxygens (including phenoxy) is 1. The van der Waals surface area contributed by atoms with Gasteiger partial charge in [0.15, 0.2) is 0 Å². The summed E-state index contributed by atoms with van der Waals surface area (Å²) in [6.07, 6.45) is 0.644. The van der Waals surface area contributed by atoms with E-state index < -0.39 is 35.1 Å². The number of hydrogen-bond acceptors (Lipinski definition) is 6. The molecule has 28 heavy (non-hydrogen) atoms. The Hall–Kier alpha value is -1.50. The van der Waals surface area contributed by atoms with E-state index >= 15 is 0 Å². The SMILES string of the molecule is CCOC1C2=C(C(=O)C(=O)C(C(C)CO)=C2O)C2(C)CCCC(C)(C)C2C1O. The number of aliphatic hydroxyl groups is 3. The molecule has 156 valence electrons. The molecular weight excluding hydrogens is 360 g/mol. The summed E-state index contributed by atoms with van der Waals surface area (Å²) >= 11 is 0. The molecule has 0 spiro atoms. The van der Waals surface area contributed by atoms with Gasteiger partial charge in [-0.3, -0.25) is 9.59 Å². The Kier molecular flexibility index (Phi) is 5.36. The first kappa shape index (κ1) is 21.2. The van der Waals surface area contributed by atoms with Crippen molar-refractivity contribution in [3.63, 3.8) is 0 Å². The van der Waals surface area contributed by atoms with Gasteiger partial charge in [0.05, 0.1) is 11.7 Å².